The van der Waals surface area contributed by atoms with Crippen molar-refractivity contribution in [3.05, 3.63) is 5.69 Å². The Balaban J connectivity index is 2.14. The third-order valence-corrected chi connectivity index (χ3v) is 3.57. The zero-order chi connectivity index (χ0) is 13.6. The Bertz CT molecular complexity index is 640. The quantitative estimate of drug-likeness (QED) is 0.836. The molecule has 1 amide bonds. The second kappa shape index (κ2) is 4.25. The van der Waals surface area contributed by atoms with Crippen LogP contribution in [-0.2, 0) is 18.3 Å². The smallest absolute Gasteiger partial charge is 0.222 e. The molecule has 0 aromatic carbocycles. The normalized spacial score (nSPS) is 19.3. The van der Waals surface area contributed by atoms with Gasteiger partial charge in [-0.3, -0.25) is 14.0 Å². The number of fused-ring (bicyclic) bond motifs is 1. The average molecular weight is 262 g/mol. The highest BCUT2D eigenvalue weighted by Gasteiger charge is 2.28. The number of rotatable bonds is 3. The molecule has 0 bridgehead atoms. The van der Waals surface area contributed by atoms with Crippen LogP contribution in [0.25, 0.3) is 11.2 Å². The van der Waals surface area contributed by atoms with Gasteiger partial charge in [-0.05, 0) is 6.42 Å². The molecule has 0 aliphatic carbocycles. The molecule has 3 heterocycles. The standard InChI is InChI=1S/C12H18N6O/c1-3-4-8-10-11(17(2)16-8)18(12(13)15-10)7-5-9(19)14-6-7/h7H,3-6H2,1-2H3,(H2,13,15)(H,14,19). The zero-order valence-electron chi connectivity index (χ0n) is 11.2. The molecule has 7 nitrogen and oxygen atoms in total. The van der Waals surface area contributed by atoms with Gasteiger partial charge in [0.05, 0.1) is 11.7 Å². The molecule has 0 radical (unpaired) electrons. The van der Waals surface area contributed by atoms with Gasteiger partial charge in [0.2, 0.25) is 11.9 Å². The molecule has 3 N–H and O–H groups in total. The third-order valence-electron chi connectivity index (χ3n) is 3.57. The number of carbonyl (C=O) groups excluding carboxylic acids is 1. The van der Waals surface area contributed by atoms with Crippen LogP contribution in [0, 0.1) is 0 Å². The molecule has 1 aliphatic heterocycles. The van der Waals surface area contributed by atoms with Crippen molar-refractivity contribution in [2.75, 3.05) is 12.3 Å². The first-order chi connectivity index (χ1) is 9.11. The number of nitrogens with one attached hydrogen (secondary N) is 1. The number of anilines is 1. The Kier molecular flexibility index (Phi) is 2.69. The summed E-state index contributed by atoms with van der Waals surface area (Å²) in [7, 11) is 1.89. The fourth-order valence-electron chi connectivity index (χ4n) is 2.76. The molecule has 1 unspecified atom stereocenters. The van der Waals surface area contributed by atoms with E-state index < -0.39 is 0 Å². The molecule has 1 fully saturated rings. The summed E-state index contributed by atoms with van der Waals surface area (Å²) in [5, 5.41) is 7.33. The van der Waals surface area contributed by atoms with Crippen molar-refractivity contribution in [3.8, 4) is 0 Å². The van der Waals surface area contributed by atoms with Gasteiger partial charge in [-0.2, -0.15) is 5.10 Å². The second-order valence-electron chi connectivity index (χ2n) is 4.99. The van der Waals surface area contributed by atoms with Gasteiger partial charge in [0.15, 0.2) is 5.65 Å². The Morgan fingerprint density at radius 3 is 2.95 bits per heavy atom. The van der Waals surface area contributed by atoms with Crippen LogP contribution in [0.3, 0.4) is 0 Å². The summed E-state index contributed by atoms with van der Waals surface area (Å²) in [4.78, 5) is 15.8. The number of aromatic nitrogens is 4. The fourth-order valence-corrected chi connectivity index (χ4v) is 2.76. The van der Waals surface area contributed by atoms with Crippen LogP contribution in [-0.4, -0.2) is 31.8 Å². The van der Waals surface area contributed by atoms with Gasteiger partial charge < -0.3 is 11.1 Å². The number of amides is 1. The second-order valence-corrected chi connectivity index (χ2v) is 4.99. The van der Waals surface area contributed by atoms with E-state index in [-0.39, 0.29) is 11.9 Å². The minimum Gasteiger partial charge on any atom is -0.369 e. The summed E-state index contributed by atoms with van der Waals surface area (Å²) < 4.78 is 3.74. The van der Waals surface area contributed by atoms with Crippen LogP contribution in [0.1, 0.15) is 31.5 Å². The number of hydrogen-bond donors (Lipinski definition) is 2. The molecule has 19 heavy (non-hydrogen) atoms. The lowest BCUT2D eigenvalue weighted by molar-refractivity contribution is -0.119. The summed E-state index contributed by atoms with van der Waals surface area (Å²) in [6, 6.07) is 0.0300. The van der Waals surface area contributed by atoms with E-state index in [0.29, 0.717) is 18.9 Å². The van der Waals surface area contributed by atoms with E-state index in [4.69, 9.17) is 5.73 Å². The highest BCUT2D eigenvalue weighted by Crippen LogP contribution is 2.28. The van der Waals surface area contributed by atoms with Gasteiger partial charge in [0.25, 0.3) is 0 Å². The third kappa shape index (κ3) is 1.76. The Morgan fingerprint density at radius 1 is 1.53 bits per heavy atom. The van der Waals surface area contributed by atoms with E-state index in [9.17, 15) is 4.79 Å². The molecule has 1 saturated heterocycles. The van der Waals surface area contributed by atoms with Crippen molar-refractivity contribution < 1.29 is 4.79 Å². The van der Waals surface area contributed by atoms with Gasteiger partial charge in [0.1, 0.15) is 5.52 Å². The topological polar surface area (TPSA) is 90.8 Å². The number of imidazole rings is 1. The molecule has 1 atom stereocenters. The van der Waals surface area contributed by atoms with E-state index >= 15 is 0 Å². The predicted molar refractivity (Wildman–Crippen MR) is 71.6 cm³/mol. The molecule has 2 aromatic rings. The van der Waals surface area contributed by atoms with Crippen molar-refractivity contribution in [2.24, 2.45) is 7.05 Å². The molecule has 0 saturated carbocycles. The molecule has 7 heteroatoms. The van der Waals surface area contributed by atoms with Gasteiger partial charge in [-0.25, -0.2) is 4.98 Å². The fraction of sp³-hybridized carbons (Fsp3) is 0.583. The van der Waals surface area contributed by atoms with E-state index in [1.807, 2.05) is 16.3 Å². The van der Waals surface area contributed by atoms with Gasteiger partial charge >= 0.3 is 0 Å². The first-order valence-corrected chi connectivity index (χ1v) is 6.57. The maximum Gasteiger partial charge on any atom is 0.222 e. The van der Waals surface area contributed by atoms with Crippen molar-refractivity contribution in [3.63, 3.8) is 0 Å². The zero-order valence-corrected chi connectivity index (χ0v) is 11.2. The van der Waals surface area contributed by atoms with Crippen LogP contribution in [0.2, 0.25) is 0 Å². The summed E-state index contributed by atoms with van der Waals surface area (Å²) in [5.74, 6) is 0.518. The molecule has 2 aromatic heterocycles. The monoisotopic (exact) mass is 262 g/mol. The number of aryl methyl sites for hydroxylation is 2. The Labute approximate surface area is 110 Å². The number of nitrogens with two attached hydrogens (primary N) is 1. The Morgan fingerprint density at radius 2 is 2.32 bits per heavy atom. The first kappa shape index (κ1) is 12.0. The van der Waals surface area contributed by atoms with Gasteiger partial charge in [0, 0.05) is 20.0 Å². The summed E-state index contributed by atoms with van der Waals surface area (Å²) >= 11 is 0. The van der Waals surface area contributed by atoms with Crippen molar-refractivity contribution >= 4 is 23.0 Å². The van der Waals surface area contributed by atoms with Crippen molar-refractivity contribution in [2.45, 2.75) is 32.2 Å². The lowest BCUT2D eigenvalue weighted by Crippen LogP contribution is -2.17. The Hall–Kier alpha value is -2.05. The van der Waals surface area contributed by atoms with Crippen LogP contribution >= 0.6 is 0 Å². The lowest BCUT2D eigenvalue weighted by atomic mass is 10.2. The average Bonchev–Trinajstić information content (AvgIpc) is 2.98. The van der Waals surface area contributed by atoms with Crippen molar-refractivity contribution in [1.29, 1.82) is 0 Å². The number of nitrogen functional groups attached to an aromatic ring is 1. The van der Waals surface area contributed by atoms with E-state index in [1.54, 1.807) is 0 Å². The lowest BCUT2D eigenvalue weighted by Gasteiger charge is -2.12. The van der Waals surface area contributed by atoms with Crippen LogP contribution < -0.4 is 11.1 Å². The van der Waals surface area contributed by atoms with Crippen LogP contribution in [0.5, 0.6) is 0 Å². The minimum atomic E-state index is 0.0300. The van der Waals surface area contributed by atoms with Gasteiger partial charge in [-0.1, -0.05) is 13.3 Å². The van der Waals surface area contributed by atoms with E-state index in [0.717, 1.165) is 29.7 Å². The van der Waals surface area contributed by atoms with Crippen LogP contribution in [0.15, 0.2) is 0 Å². The summed E-state index contributed by atoms with van der Waals surface area (Å²) in [6.45, 7) is 2.71. The number of carbonyl (C=O) groups is 1. The van der Waals surface area contributed by atoms with Crippen LogP contribution in [0.4, 0.5) is 5.95 Å². The molecule has 1 aliphatic rings. The first-order valence-electron chi connectivity index (χ1n) is 6.57. The molecule has 102 valence electrons. The van der Waals surface area contributed by atoms with E-state index in [1.165, 1.54) is 0 Å². The maximum absolute atomic E-state index is 11.4. The SMILES string of the molecule is CCCc1nn(C)c2c1nc(N)n2C1CNC(=O)C1. The molecular formula is C12H18N6O. The predicted octanol–water partition coefficient (Wildman–Crippen LogP) is 0.365. The maximum atomic E-state index is 11.4. The molecule has 0 spiro atoms. The van der Waals surface area contributed by atoms with Gasteiger partial charge in [-0.15, -0.1) is 0 Å². The number of nitrogens with zero attached hydrogens (tertiary/aromatic N) is 4. The van der Waals surface area contributed by atoms with E-state index in [2.05, 4.69) is 22.3 Å². The largest absolute Gasteiger partial charge is 0.369 e. The minimum absolute atomic E-state index is 0.0300. The molecular weight excluding hydrogens is 244 g/mol. The van der Waals surface area contributed by atoms with Crippen molar-refractivity contribution in [1.82, 2.24) is 24.6 Å². The summed E-state index contributed by atoms with van der Waals surface area (Å²) in [5.41, 5.74) is 8.77. The number of hydrogen-bond acceptors (Lipinski definition) is 4. The molecule has 3 rings (SSSR count). The highest BCUT2D eigenvalue weighted by atomic mass is 16.1. The summed E-state index contributed by atoms with van der Waals surface area (Å²) in [6.07, 6.45) is 2.35. The highest BCUT2D eigenvalue weighted by molar-refractivity contribution is 5.81.